The zero-order valence-corrected chi connectivity index (χ0v) is 16.8. The third-order valence-corrected chi connectivity index (χ3v) is 6.13. The molecule has 1 saturated heterocycles. The highest BCUT2D eigenvalue weighted by molar-refractivity contribution is 7.17. The van der Waals surface area contributed by atoms with Gasteiger partial charge < -0.3 is 14.3 Å². The topological polar surface area (TPSA) is 93.1 Å². The number of hydrogen-bond acceptors (Lipinski definition) is 8. The van der Waals surface area contributed by atoms with Crippen molar-refractivity contribution in [2.24, 2.45) is 5.92 Å². The lowest BCUT2D eigenvalue weighted by molar-refractivity contribution is -0.150. The number of furan rings is 1. The van der Waals surface area contributed by atoms with Gasteiger partial charge in [-0.2, -0.15) is 4.52 Å². The van der Waals surface area contributed by atoms with Crippen molar-refractivity contribution in [1.29, 1.82) is 0 Å². The third kappa shape index (κ3) is 3.40. The molecule has 3 aromatic rings. The van der Waals surface area contributed by atoms with Crippen LogP contribution in [0.2, 0.25) is 0 Å². The number of thiazole rings is 1. The first kappa shape index (κ1) is 18.9. The van der Waals surface area contributed by atoms with E-state index in [9.17, 15) is 9.90 Å². The summed E-state index contributed by atoms with van der Waals surface area (Å²) in [6, 6.07) is 3.43. The number of aryl methyl sites for hydroxylation is 1. The number of nitrogens with zero attached hydrogens (tertiary/aromatic N) is 4. The monoisotopic (exact) mass is 404 g/mol. The largest absolute Gasteiger partial charge is 0.492 e. The molecule has 4 heterocycles. The Bertz CT molecular complexity index is 949. The molecule has 4 rings (SSSR count). The highest BCUT2D eigenvalue weighted by atomic mass is 32.1. The van der Waals surface area contributed by atoms with Crippen LogP contribution in [0.3, 0.4) is 0 Å². The lowest BCUT2D eigenvalue weighted by atomic mass is 9.96. The van der Waals surface area contributed by atoms with Crippen LogP contribution in [-0.2, 0) is 16.0 Å². The Kier molecular flexibility index (Phi) is 5.36. The fourth-order valence-corrected chi connectivity index (χ4v) is 4.85. The van der Waals surface area contributed by atoms with Crippen LogP contribution in [0.25, 0.3) is 4.96 Å². The molecule has 1 fully saturated rings. The summed E-state index contributed by atoms with van der Waals surface area (Å²) in [7, 11) is 0. The van der Waals surface area contributed by atoms with E-state index < -0.39 is 0 Å². The van der Waals surface area contributed by atoms with Gasteiger partial charge in [0, 0.05) is 13.0 Å². The molecule has 0 bridgehead atoms. The number of likely N-dealkylation sites (tertiary alicyclic amines) is 1. The molecule has 1 N–H and O–H groups in total. The van der Waals surface area contributed by atoms with Gasteiger partial charge in [0.15, 0.2) is 5.82 Å². The van der Waals surface area contributed by atoms with Crippen molar-refractivity contribution < 1.29 is 19.1 Å². The average Bonchev–Trinajstić information content (AvgIpc) is 3.42. The molecule has 150 valence electrons. The van der Waals surface area contributed by atoms with Crippen LogP contribution in [0.15, 0.2) is 22.8 Å². The smallest absolute Gasteiger partial charge is 0.310 e. The van der Waals surface area contributed by atoms with Gasteiger partial charge in [-0.15, -0.1) is 5.10 Å². The summed E-state index contributed by atoms with van der Waals surface area (Å²) in [5.41, 5.74) is 0. The Morgan fingerprint density at radius 3 is 3.04 bits per heavy atom. The summed E-state index contributed by atoms with van der Waals surface area (Å²) in [4.78, 5) is 20.3. The minimum absolute atomic E-state index is 0.0758. The Morgan fingerprint density at radius 1 is 1.50 bits per heavy atom. The number of hydrogen-bond donors (Lipinski definition) is 1. The Hall–Kier alpha value is -2.39. The molecule has 0 aliphatic carbocycles. The molecule has 3 aromatic heterocycles. The lowest BCUT2D eigenvalue weighted by Crippen LogP contribution is -2.41. The van der Waals surface area contributed by atoms with Gasteiger partial charge >= 0.3 is 5.97 Å². The highest BCUT2D eigenvalue weighted by Gasteiger charge is 2.36. The van der Waals surface area contributed by atoms with Gasteiger partial charge in [-0.25, -0.2) is 4.98 Å². The molecule has 0 unspecified atom stereocenters. The Morgan fingerprint density at radius 2 is 2.36 bits per heavy atom. The second kappa shape index (κ2) is 7.92. The first-order chi connectivity index (χ1) is 13.6. The summed E-state index contributed by atoms with van der Waals surface area (Å²) in [5, 5.41) is 15.2. The van der Waals surface area contributed by atoms with E-state index in [0.717, 1.165) is 30.0 Å². The fourth-order valence-electron chi connectivity index (χ4n) is 3.73. The number of carbonyl (C=O) groups excluding carboxylic acids is 1. The molecular formula is C19H24N4O4S. The van der Waals surface area contributed by atoms with Crippen molar-refractivity contribution >= 4 is 22.3 Å². The first-order valence-corrected chi connectivity index (χ1v) is 10.4. The van der Waals surface area contributed by atoms with Crippen molar-refractivity contribution in [1.82, 2.24) is 19.5 Å². The van der Waals surface area contributed by atoms with Crippen molar-refractivity contribution in [2.45, 2.75) is 39.2 Å². The second-order valence-electron chi connectivity index (χ2n) is 6.87. The van der Waals surface area contributed by atoms with Gasteiger partial charge in [0.05, 0.1) is 23.7 Å². The summed E-state index contributed by atoms with van der Waals surface area (Å²) >= 11 is 1.40. The standard InChI is InChI=1S/C19H24N4O4S/c1-3-14-20-19-23(21-14)17(24)16(28-19)15(13-8-6-10-27-13)22-9-5-7-12(11-22)18(25)26-4-2/h6,8,10,12,15,24H,3-5,7,9,11H2,1-2H3/t12-,15-/m0/s1. The predicted molar refractivity (Wildman–Crippen MR) is 103 cm³/mol. The van der Waals surface area contributed by atoms with Gasteiger partial charge in [0.2, 0.25) is 10.8 Å². The van der Waals surface area contributed by atoms with E-state index in [0.29, 0.717) is 30.4 Å². The molecule has 1 aliphatic rings. The zero-order chi connectivity index (χ0) is 19.7. The third-order valence-electron chi connectivity index (χ3n) is 5.06. The minimum Gasteiger partial charge on any atom is -0.492 e. The normalized spacial score (nSPS) is 19.1. The number of ether oxygens (including phenoxy) is 1. The van der Waals surface area contributed by atoms with Gasteiger partial charge in [-0.3, -0.25) is 9.69 Å². The SMILES string of the molecule is CCOC(=O)[C@H]1CCCN([C@@H](c2ccco2)c2sc3nc(CC)nn3c2O)C1. The van der Waals surface area contributed by atoms with E-state index in [1.165, 1.54) is 15.9 Å². The molecular weight excluding hydrogens is 380 g/mol. The summed E-state index contributed by atoms with van der Waals surface area (Å²) in [5.74, 6) is 1.15. The number of fused-ring (bicyclic) bond motifs is 1. The molecule has 0 saturated carbocycles. The molecule has 0 spiro atoms. The number of rotatable bonds is 6. The predicted octanol–water partition coefficient (Wildman–Crippen LogP) is 3.02. The van der Waals surface area contributed by atoms with Crippen molar-refractivity contribution in [3.05, 3.63) is 34.9 Å². The van der Waals surface area contributed by atoms with Crippen LogP contribution in [0.1, 0.15) is 49.2 Å². The second-order valence-corrected chi connectivity index (χ2v) is 7.88. The minimum atomic E-state index is -0.300. The van der Waals surface area contributed by atoms with E-state index in [1.54, 1.807) is 6.26 Å². The number of aromatic hydroxyl groups is 1. The number of aromatic nitrogens is 3. The van der Waals surface area contributed by atoms with E-state index >= 15 is 0 Å². The van der Waals surface area contributed by atoms with Crippen LogP contribution in [0, 0.1) is 5.92 Å². The molecule has 0 aromatic carbocycles. The van der Waals surface area contributed by atoms with E-state index in [-0.39, 0.29) is 23.8 Å². The maximum absolute atomic E-state index is 12.3. The molecule has 2 atom stereocenters. The molecule has 0 radical (unpaired) electrons. The van der Waals surface area contributed by atoms with Crippen LogP contribution in [-0.4, -0.2) is 50.3 Å². The Balaban J connectivity index is 1.70. The molecule has 9 heteroatoms. The maximum Gasteiger partial charge on any atom is 0.310 e. The summed E-state index contributed by atoms with van der Waals surface area (Å²) < 4.78 is 12.4. The van der Waals surface area contributed by atoms with Crippen molar-refractivity contribution in [3.8, 4) is 5.88 Å². The quantitative estimate of drug-likeness (QED) is 0.631. The van der Waals surface area contributed by atoms with Crippen LogP contribution in [0.4, 0.5) is 0 Å². The first-order valence-electron chi connectivity index (χ1n) is 9.63. The van der Waals surface area contributed by atoms with Crippen LogP contribution < -0.4 is 0 Å². The summed E-state index contributed by atoms with van der Waals surface area (Å²) in [6.45, 7) is 5.53. The number of esters is 1. The maximum atomic E-state index is 12.3. The average molecular weight is 404 g/mol. The summed E-state index contributed by atoms with van der Waals surface area (Å²) in [6.07, 6.45) is 4.01. The number of piperidine rings is 1. The van der Waals surface area contributed by atoms with Crippen molar-refractivity contribution in [3.63, 3.8) is 0 Å². The van der Waals surface area contributed by atoms with Gasteiger partial charge in [-0.1, -0.05) is 18.3 Å². The van der Waals surface area contributed by atoms with E-state index in [2.05, 4.69) is 15.0 Å². The highest BCUT2D eigenvalue weighted by Crippen LogP contribution is 2.41. The molecule has 28 heavy (non-hydrogen) atoms. The molecule has 0 amide bonds. The van der Waals surface area contributed by atoms with Crippen molar-refractivity contribution in [2.75, 3.05) is 19.7 Å². The van der Waals surface area contributed by atoms with E-state index in [4.69, 9.17) is 9.15 Å². The van der Waals surface area contributed by atoms with Crippen LogP contribution >= 0.6 is 11.3 Å². The van der Waals surface area contributed by atoms with Crippen LogP contribution in [0.5, 0.6) is 5.88 Å². The fraction of sp³-hybridized carbons (Fsp3) is 0.526. The van der Waals surface area contributed by atoms with Gasteiger partial charge in [0.1, 0.15) is 11.8 Å². The lowest BCUT2D eigenvalue weighted by Gasteiger charge is -2.36. The van der Waals surface area contributed by atoms with Gasteiger partial charge in [-0.05, 0) is 38.4 Å². The molecule has 8 nitrogen and oxygen atoms in total. The zero-order valence-electron chi connectivity index (χ0n) is 16.0. The van der Waals surface area contributed by atoms with E-state index in [1.807, 2.05) is 26.0 Å². The van der Waals surface area contributed by atoms with Gasteiger partial charge in [0.25, 0.3) is 0 Å². The number of carbonyl (C=O) groups is 1. The Labute approximate surface area is 166 Å². The molecule has 1 aliphatic heterocycles.